The zero-order valence-corrected chi connectivity index (χ0v) is 12.3. The lowest BCUT2D eigenvalue weighted by Crippen LogP contribution is -2.44. The Labute approximate surface area is 110 Å². The molecule has 18 heavy (non-hydrogen) atoms. The maximum Gasteiger partial charge on any atom is 0.241 e. The molecule has 3 N–H and O–H groups in total. The highest BCUT2D eigenvalue weighted by Crippen LogP contribution is 2.22. The molecule has 0 saturated carbocycles. The SMILES string of the molecule is CCC(C)(CC)NS(=O)(=O)c1ccc(N)cc1C. The van der Waals surface area contributed by atoms with E-state index in [1.807, 2.05) is 20.8 Å². The van der Waals surface area contributed by atoms with Crippen molar-refractivity contribution >= 4 is 15.7 Å². The standard InChI is InChI=1S/C13H22N2O2S/c1-5-13(4,6-2)15-18(16,17)12-8-7-11(14)9-10(12)3/h7-9,15H,5-6,14H2,1-4H3. The number of nitrogens with one attached hydrogen (secondary N) is 1. The van der Waals surface area contributed by atoms with E-state index >= 15 is 0 Å². The number of rotatable bonds is 5. The summed E-state index contributed by atoms with van der Waals surface area (Å²) in [6, 6.07) is 4.83. The third-order valence-electron chi connectivity index (χ3n) is 3.43. The normalized spacial score (nSPS) is 12.7. The van der Waals surface area contributed by atoms with E-state index in [0.717, 1.165) is 12.8 Å². The van der Waals surface area contributed by atoms with Crippen LogP contribution in [0.4, 0.5) is 5.69 Å². The summed E-state index contributed by atoms with van der Waals surface area (Å²) >= 11 is 0. The van der Waals surface area contributed by atoms with Crippen molar-refractivity contribution in [3.63, 3.8) is 0 Å². The smallest absolute Gasteiger partial charge is 0.241 e. The molecule has 0 spiro atoms. The van der Waals surface area contributed by atoms with Crippen LogP contribution in [-0.2, 0) is 10.0 Å². The second kappa shape index (κ2) is 5.28. The van der Waals surface area contributed by atoms with Crippen LogP contribution >= 0.6 is 0 Å². The fourth-order valence-corrected chi connectivity index (χ4v) is 3.53. The predicted octanol–water partition coefficient (Wildman–Crippen LogP) is 2.43. The van der Waals surface area contributed by atoms with Crippen LogP contribution in [0.25, 0.3) is 0 Å². The Balaban J connectivity index is 3.15. The molecule has 1 aromatic rings. The molecule has 0 aliphatic rings. The Bertz CT molecular complexity index is 520. The van der Waals surface area contributed by atoms with Crippen LogP contribution in [0.15, 0.2) is 23.1 Å². The van der Waals surface area contributed by atoms with Crippen molar-refractivity contribution in [2.24, 2.45) is 0 Å². The first-order chi connectivity index (χ1) is 8.24. The van der Waals surface area contributed by atoms with Gasteiger partial charge < -0.3 is 5.73 Å². The van der Waals surface area contributed by atoms with Crippen LogP contribution in [0.1, 0.15) is 39.2 Å². The maximum absolute atomic E-state index is 12.3. The molecule has 0 aliphatic heterocycles. The summed E-state index contributed by atoms with van der Waals surface area (Å²) in [6.07, 6.45) is 1.49. The Morgan fingerprint density at radius 2 is 1.83 bits per heavy atom. The molecule has 0 heterocycles. The number of aryl methyl sites for hydroxylation is 1. The molecule has 4 nitrogen and oxygen atoms in total. The number of nitrogens with two attached hydrogens (primary N) is 1. The molecular weight excluding hydrogens is 248 g/mol. The van der Waals surface area contributed by atoms with E-state index in [1.165, 1.54) is 0 Å². The molecule has 0 unspecified atom stereocenters. The largest absolute Gasteiger partial charge is 0.399 e. The number of hydrogen-bond acceptors (Lipinski definition) is 3. The van der Waals surface area contributed by atoms with Crippen molar-refractivity contribution in [2.75, 3.05) is 5.73 Å². The minimum atomic E-state index is -3.50. The molecule has 0 aromatic heterocycles. The predicted molar refractivity (Wildman–Crippen MR) is 74.9 cm³/mol. The van der Waals surface area contributed by atoms with E-state index in [1.54, 1.807) is 25.1 Å². The highest BCUT2D eigenvalue weighted by atomic mass is 32.2. The van der Waals surface area contributed by atoms with Gasteiger partial charge in [0.2, 0.25) is 10.0 Å². The lowest BCUT2D eigenvalue weighted by molar-refractivity contribution is 0.388. The quantitative estimate of drug-likeness (QED) is 0.807. The fourth-order valence-electron chi connectivity index (χ4n) is 1.75. The lowest BCUT2D eigenvalue weighted by Gasteiger charge is -2.28. The number of hydrogen-bond donors (Lipinski definition) is 2. The van der Waals surface area contributed by atoms with Gasteiger partial charge in [0, 0.05) is 11.2 Å². The van der Waals surface area contributed by atoms with E-state index in [2.05, 4.69) is 4.72 Å². The van der Waals surface area contributed by atoms with Crippen molar-refractivity contribution in [1.29, 1.82) is 0 Å². The molecule has 0 amide bonds. The molecule has 0 bridgehead atoms. The summed E-state index contributed by atoms with van der Waals surface area (Å²) in [4.78, 5) is 0.296. The van der Waals surface area contributed by atoms with Crippen LogP contribution in [0.5, 0.6) is 0 Å². The van der Waals surface area contributed by atoms with Crippen molar-refractivity contribution in [2.45, 2.75) is 51.0 Å². The molecule has 102 valence electrons. The highest BCUT2D eigenvalue weighted by molar-refractivity contribution is 7.89. The Morgan fingerprint density at radius 3 is 2.28 bits per heavy atom. The first-order valence-corrected chi connectivity index (χ1v) is 7.62. The van der Waals surface area contributed by atoms with Gasteiger partial charge in [0.1, 0.15) is 0 Å². The monoisotopic (exact) mass is 270 g/mol. The maximum atomic E-state index is 12.3. The van der Waals surface area contributed by atoms with E-state index in [-0.39, 0.29) is 0 Å². The summed E-state index contributed by atoms with van der Waals surface area (Å²) in [6.45, 7) is 7.61. The Hall–Kier alpha value is -1.07. The lowest BCUT2D eigenvalue weighted by atomic mass is 9.98. The summed E-state index contributed by atoms with van der Waals surface area (Å²) in [5, 5.41) is 0. The van der Waals surface area contributed by atoms with Crippen LogP contribution < -0.4 is 10.5 Å². The molecule has 5 heteroatoms. The van der Waals surface area contributed by atoms with Crippen molar-refractivity contribution in [3.05, 3.63) is 23.8 Å². The molecular formula is C13H22N2O2S. The highest BCUT2D eigenvalue weighted by Gasteiger charge is 2.28. The van der Waals surface area contributed by atoms with Gasteiger partial charge in [-0.2, -0.15) is 0 Å². The van der Waals surface area contributed by atoms with Crippen LogP contribution in [-0.4, -0.2) is 14.0 Å². The second-order valence-corrected chi connectivity index (χ2v) is 6.55. The third kappa shape index (κ3) is 3.23. The van der Waals surface area contributed by atoms with Gasteiger partial charge in [-0.25, -0.2) is 13.1 Å². The second-order valence-electron chi connectivity index (χ2n) is 4.90. The molecule has 0 radical (unpaired) electrons. The van der Waals surface area contributed by atoms with Crippen molar-refractivity contribution in [3.8, 4) is 0 Å². The number of benzene rings is 1. The van der Waals surface area contributed by atoms with Crippen LogP contribution in [0, 0.1) is 6.92 Å². The van der Waals surface area contributed by atoms with Gasteiger partial charge in [-0.3, -0.25) is 0 Å². The molecule has 1 aromatic carbocycles. The summed E-state index contributed by atoms with van der Waals surface area (Å²) in [7, 11) is -3.50. The minimum absolute atomic E-state index is 0.296. The average Bonchev–Trinajstić information content (AvgIpc) is 2.27. The Morgan fingerprint density at radius 1 is 1.28 bits per heavy atom. The molecule has 0 atom stereocenters. The first kappa shape index (κ1) is 15.0. The molecule has 0 aliphatic carbocycles. The summed E-state index contributed by atoms with van der Waals surface area (Å²) in [5.74, 6) is 0. The van der Waals surface area contributed by atoms with E-state index in [4.69, 9.17) is 5.73 Å². The van der Waals surface area contributed by atoms with Gasteiger partial charge in [-0.1, -0.05) is 13.8 Å². The average molecular weight is 270 g/mol. The van der Waals surface area contributed by atoms with Gasteiger partial charge in [-0.05, 0) is 50.5 Å². The van der Waals surface area contributed by atoms with Crippen LogP contribution in [0.2, 0.25) is 0 Å². The van der Waals surface area contributed by atoms with E-state index < -0.39 is 15.6 Å². The number of sulfonamides is 1. The van der Waals surface area contributed by atoms with Crippen LogP contribution in [0.3, 0.4) is 0 Å². The zero-order chi connectivity index (χ0) is 14.0. The van der Waals surface area contributed by atoms with Gasteiger partial charge in [-0.15, -0.1) is 0 Å². The van der Waals surface area contributed by atoms with Crippen molar-refractivity contribution < 1.29 is 8.42 Å². The van der Waals surface area contributed by atoms with Gasteiger partial charge >= 0.3 is 0 Å². The molecule has 0 saturated heterocycles. The minimum Gasteiger partial charge on any atom is -0.399 e. The van der Waals surface area contributed by atoms with Gasteiger partial charge in [0.05, 0.1) is 4.90 Å². The topological polar surface area (TPSA) is 72.2 Å². The molecule has 0 fully saturated rings. The van der Waals surface area contributed by atoms with E-state index in [9.17, 15) is 8.42 Å². The first-order valence-electron chi connectivity index (χ1n) is 6.14. The van der Waals surface area contributed by atoms with Gasteiger partial charge in [0.25, 0.3) is 0 Å². The fraction of sp³-hybridized carbons (Fsp3) is 0.538. The van der Waals surface area contributed by atoms with E-state index in [0.29, 0.717) is 16.1 Å². The summed E-state index contributed by atoms with van der Waals surface area (Å²) in [5.41, 5.74) is 6.46. The number of nitrogen functional groups attached to an aromatic ring is 1. The molecule has 1 rings (SSSR count). The zero-order valence-electron chi connectivity index (χ0n) is 11.4. The summed E-state index contributed by atoms with van der Waals surface area (Å²) < 4.78 is 27.5. The number of anilines is 1. The Kier molecular flexibility index (Phi) is 4.40. The van der Waals surface area contributed by atoms with Gasteiger partial charge in [0.15, 0.2) is 0 Å². The third-order valence-corrected chi connectivity index (χ3v) is 5.23. The van der Waals surface area contributed by atoms with Crippen molar-refractivity contribution in [1.82, 2.24) is 4.72 Å².